The van der Waals surface area contributed by atoms with Gasteiger partial charge >= 0.3 is 0 Å². The minimum absolute atomic E-state index is 0.121. The summed E-state index contributed by atoms with van der Waals surface area (Å²) in [6, 6.07) is 0. The normalized spacial score (nSPS) is 35.8. The summed E-state index contributed by atoms with van der Waals surface area (Å²) in [4.78, 5) is 0. The fraction of sp³-hybridized carbons (Fsp3) is 1.00. The van der Waals surface area contributed by atoms with E-state index in [0.717, 1.165) is 6.42 Å². The molecule has 3 heteroatoms. The average Bonchev–Trinajstić information content (AvgIpc) is 2.03. The molecule has 1 saturated heterocycles. The molecular weight excluding hydrogens is 168 g/mol. The molecule has 3 nitrogen and oxygen atoms in total. The van der Waals surface area contributed by atoms with Crippen molar-refractivity contribution in [2.24, 2.45) is 11.8 Å². The van der Waals surface area contributed by atoms with E-state index in [9.17, 15) is 5.11 Å². The Labute approximate surface area is 80.0 Å². The standard InChI is InChI=1S/C10H20O3/c1-6(2)8-5-9(7(3)4)13-10(11)12-8/h6-11H,5H2,1-4H3. The van der Waals surface area contributed by atoms with Crippen LogP contribution < -0.4 is 0 Å². The molecule has 0 spiro atoms. The highest BCUT2D eigenvalue weighted by atomic mass is 16.8. The molecule has 1 aliphatic rings. The van der Waals surface area contributed by atoms with Gasteiger partial charge in [0.15, 0.2) is 0 Å². The zero-order valence-electron chi connectivity index (χ0n) is 8.86. The number of hydrogen-bond acceptors (Lipinski definition) is 3. The summed E-state index contributed by atoms with van der Waals surface area (Å²) >= 11 is 0. The maximum absolute atomic E-state index is 9.30. The van der Waals surface area contributed by atoms with Crippen LogP contribution in [-0.4, -0.2) is 23.8 Å². The molecule has 1 rings (SSSR count). The van der Waals surface area contributed by atoms with Crippen molar-refractivity contribution in [3.8, 4) is 0 Å². The Morgan fingerprint density at radius 3 is 1.69 bits per heavy atom. The minimum Gasteiger partial charge on any atom is -0.346 e. The smallest absolute Gasteiger partial charge is 0.269 e. The molecule has 78 valence electrons. The van der Waals surface area contributed by atoms with Crippen LogP contribution in [0.5, 0.6) is 0 Å². The highest BCUT2D eigenvalue weighted by Gasteiger charge is 2.32. The molecule has 1 N–H and O–H groups in total. The molecule has 0 aromatic rings. The van der Waals surface area contributed by atoms with Crippen molar-refractivity contribution in [2.45, 2.75) is 52.8 Å². The molecule has 1 fully saturated rings. The van der Waals surface area contributed by atoms with Gasteiger partial charge < -0.3 is 14.6 Å². The number of rotatable bonds is 2. The molecule has 2 unspecified atom stereocenters. The molecule has 0 aliphatic carbocycles. The van der Waals surface area contributed by atoms with Gasteiger partial charge in [0.1, 0.15) is 0 Å². The summed E-state index contributed by atoms with van der Waals surface area (Å²) in [5.41, 5.74) is 0. The van der Waals surface area contributed by atoms with Crippen LogP contribution in [0.25, 0.3) is 0 Å². The van der Waals surface area contributed by atoms with Gasteiger partial charge in [-0.05, 0) is 11.8 Å². The predicted molar refractivity (Wildman–Crippen MR) is 50.0 cm³/mol. The first kappa shape index (κ1) is 11.0. The lowest BCUT2D eigenvalue weighted by Crippen LogP contribution is -2.42. The van der Waals surface area contributed by atoms with Gasteiger partial charge in [0.25, 0.3) is 6.48 Å². The first-order chi connectivity index (χ1) is 6.00. The van der Waals surface area contributed by atoms with Gasteiger partial charge in [-0.15, -0.1) is 0 Å². The summed E-state index contributed by atoms with van der Waals surface area (Å²) in [5.74, 6) is 0.861. The lowest BCUT2D eigenvalue weighted by molar-refractivity contribution is -0.343. The first-order valence-corrected chi connectivity index (χ1v) is 4.99. The van der Waals surface area contributed by atoms with Gasteiger partial charge in [0.2, 0.25) is 0 Å². The van der Waals surface area contributed by atoms with Crippen LogP contribution in [0.2, 0.25) is 0 Å². The molecular formula is C10H20O3. The molecule has 0 aromatic carbocycles. The van der Waals surface area contributed by atoms with Gasteiger partial charge in [-0.25, -0.2) is 0 Å². The third-order valence-corrected chi connectivity index (χ3v) is 2.53. The first-order valence-electron chi connectivity index (χ1n) is 4.99. The molecule has 0 saturated carbocycles. The Hall–Kier alpha value is -0.120. The second-order valence-corrected chi connectivity index (χ2v) is 4.38. The quantitative estimate of drug-likeness (QED) is 0.717. The van der Waals surface area contributed by atoms with E-state index in [4.69, 9.17) is 9.47 Å². The van der Waals surface area contributed by atoms with Crippen LogP contribution in [0.15, 0.2) is 0 Å². The van der Waals surface area contributed by atoms with Crippen LogP contribution in [0.3, 0.4) is 0 Å². The van der Waals surface area contributed by atoms with Crippen molar-refractivity contribution in [1.29, 1.82) is 0 Å². The van der Waals surface area contributed by atoms with E-state index in [-0.39, 0.29) is 12.2 Å². The zero-order valence-corrected chi connectivity index (χ0v) is 8.86. The van der Waals surface area contributed by atoms with Gasteiger partial charge in [0, 0.05) is 6.42 Å². The summed E-state index contributed by atoms with van der Waals surface area (Å²) in [6.45, 7) is 7.36. The summed E-state index contributed by atoms with van der Waals surface area (Å²) in [6.07, 6.45) is 1.12. The van der Waals surface area contributed by atoms with E-state index in [1.807, 2.05) is 0 Å². The monoisotopic (exact) mass is 188 g/mol. The fourth-order valence-electron chi connectivity index (χ4n) is 1.53. The van der Waals surface area contributed by atoms with E-state index in [1.54, 1.807) is 0 Å². The lowest BCUT2D eigenvalue weighted by atomic mass is 9.94. The van der Waals surface area contributed by atoms with Gasteiger partial charge in [-0.3, -0.25) is 0 Å². The number of hydrogen-bond donors (Lipinski definition) is 1. The van der Waals surface area contributed by atoms with Gasteiger partial charge in [0.05, 0.1) is 12.2 Å². The molecule has 2 atom stereocenters. The summed E-state index contributed by atoms with van der Waals surface area (Å²) in [5, 5.41) is 9.30. The molecule has 0 radical (unpaired) electrons. The molecule has 1 aliphatic heterocycles. The van der Waals surface area contributed by atoms with Crippen molar-refractivity contribution in [3.05, 3.63) is 0 Å². The van der Waals surface area contributed by atoms with Crippen molar-refractivity contribution in [3.63, 3.8) is 0 Å². The Kier molecular flexibility index (Phi) is 3.71. The number of ether oxygens (including phenoxy) is 2. The second kappa shape index (κ2) is 4.40. The van der Waals surface area contributed by atoms with Gasteiger partial charge in [-0.1, -0.05) is 27.7 Å². The zero-order chi connectivity index (χ0) is 10.0. The van der Waals surface area contributed by atoms with Crippen LogP contribution in [0.1, 0.15) is 34.1 Å². The third-order valence-electron chi connectivity index (χ3n) is 2.53. The van der Waals surface area contributed by atoms with Crippen LogP contribution >= 0.6 is 0 Å². The summed E-state index contributed by atoms with van der Waals surface area (Å²) in [7, 11) is 0. The SMILES string of the molecule is CC(C)C1CC(C(C)C)OC(O)O1. The van der Waals surface area contributed by atoms with Crippen molar-refractivity contribution >= 4 is 0 Å². The Morgan fingerprint density at radius 1 is 1.00 bits per heavy atom. The Balaban J connectivity index is 2.52. The van der Waals surface area contributed by atoms with E-state index in [1.165, 1.54) is 0 Å². The molecule has 0 amide bonds. The highest BCUT2D eigenvalue weighted by Crippen LogP contribution is 2.26. The van der Waals surface area contributed by atoms with E-state index >= 15 is 0 Å². The molecule has 0 aromatic heterocycles. The van der Waals surface area contributed by atoms with Gasteiger partial charge in [-0.2, -0.15) is 0 Å². The Morgan fingerprint density at radius 2 is 1.38 bits per heavy atom. The van der Waals surface area contributed by atoms with Crippen LogP contribution in [0, 0.1) is 11.8 Å². The van der Waals surface area contributed by atoms with Crippen molar-refractivity contribution in [2.75, 3.05) is 0 Å². The maximum Gasteiger partial charge on any atom is 0.269 e. The average molecular weight is 188 g/mol. The van der Waals surface area contributed by atoms with E-state index in [2.05, 4.69) is 27.7 Å². The van der Waals surface area contributed by atoms with E-state index < -0.39 is 6.48 Å². The number of aliphatic hydroxyl groups is 1. The predicted octanol–water partition coefficient (Wildman–Crippen LogP) is 1.75. The lowest BCUT2D eigenvalue weighted by Gasteiger charge is -2.36. The topological polar surface area (TPSA) is 38.7 Å². The second-order valence-electron chi connectivity index (χ2n) is 4.38. The molecule has 0 bridgehead atoms. The van der Waals surface area contributed by atoms with Crippen molar-refractivity contribution in [1.82, 2.24) is 0 Å². The minimum atomic E-state index is -1.03. The largest absolute Gasteiger partial charge is 0.346 e. The van der Waals surface area contributed by atoms with Crippen LogP contribution in [0.4, 0.5) is 0 Å². The molecule has 13 heavy (non-hydrogen) atoms. The Bertz CT molecular complexity index is 140. The van der Waals surface area contributed by atoms with Crippen LogP contribution in [-0.2, 0) is 9.47 Å². The maximum atomic E-state index is 9.30. The summed E-state index contributed by atoms with van der Waals surface area (Å²) < 4.78 is 10.5. The van der Waals surface area contributed by atoms with Crippen molar-refractivity contribution < 1.29 is 14.6 Å². The highest BCUT2D eigenvalue weighted by molar-refractivity contribution is 4.74. The molecule has 1 heterocycles. The fourth-order valence-corrected chi connectivity index (χ4v) is 1.53. The van der Waals surface area contributed by atoms with E-state index in [0.29, 0.717) is 11.8 Å². The third kappa shape index (κ3) is 2.93. The number of aliphatic hydroxyl groups excluding tert-OH is 1.